The molecule has 2 aromatic rings. The van der Waals surface area contributed by atoms with E-state index in [4.69, 9.17) is 23.2 Å². The number of anilines is 1. The summed E-state index contributed by atoms with van der Waals surface area (Å²) in [6.07, 6.45) is 0.980. The molecule has 0 aromatic heterocycles. The third kappa shape index (κ3) is 4.67. The lowest BCUT2D eigenvalue weighted by molar-refractivity contribution is -0.115. The Kier molecular flexibility index (Phi) is 6.18. The molecule has 0 aliphatic heterocycles. The van der Waals surface area contributed by atoms with E-state index in [1.807, 2.05) is 31.2 Å². The van der Waals surface area contributed by atoms with Gasteiger partial charge in [0.05, 0.1) is 10.3 Å². The molecule has 0 unspecified atom stereocenters. The number of carbonyl (C=O) groups is 1. The second-order valence-electron chi connectivity index (χ2n) is 4.87. The predicted octanol–water partition coefficient (Wildman–Crippen LogP) is 5.68. The highest BCUT2D eigenvalue weighted by Gasteiger charge is 2.16. The summed E-state index contributed by atoms with van der Waals surface area (Å²) in [7, 11) is 0. The summed E-state index contributed by atoms with van der Waals surface area (Å²) in [4.78, 5) is 13.1. The fraction of sp³-hybridized carbons (Fsp3) is 0.235. The Hall–Kier alpha value is -1.16. The van der Waals surface area contributed by atoms with Crippen molar-refractivity contribution in [3.63, 3.8) is 0 Å². The van der Waals surface area contributed by atoms with Gasteiger partial charge in [-0.1, -0.05) is 42.3 Å². The summed E-state index contributed by atoms with van der Waals surface area (Å²) in [5.74, 6) is -0.0645. The average Bonchev–Trinajstić information content (AvgIpc) is 2.51. The molecule has 0 fully saturated rings. The highest BCUT2D eigenvalue weighted by molar-refractivity contribution is 8.00. The fourth-order valence-corrected chi connectivity index (χ4v) is 3.29. The van der Waals surface area contributed by atoms with Crippen molar-refractivity contribution in [1.29, 1.82) is 0 Å². The number of rotatable bonds is 5. The van der Waals surface area contributed by atoms with Crippen LogP contribution in [0.15, 0.2) is 47.4 Å². The Morgan fingerprint density at radius 2 is 1.86 bits per heavy atom. The third-order valence-corrected chi connectivity index (χ3v) is 5.03. The molecule has 0 radical (unpaired) electrons. The molecule has 1 N–H and O–H groups in total. The number of hydrogen-bond donors (Lipinski definition) is 1. The van der Waals surface area contributed by atoms with Gasteiger partial charge in [0, 0.05) is 15.6 Å². The Bertz CT molecular complexity index is 658. The summed E-state index contributed by atoms with van der Waals surface area (Å²) in [6, 6.07) is 13.1. The lowest BCUT2D eigenvalue weighted by Crippen LogP contribution is -2.22. The molecule has 0 aliphatic rings. The second kappa shape index (κ2) is 7.91. The SMILES string of the molecule is CCc1ccc(NC(=O)[C@@H](C)Sc2cc(Cl)ccc2Cl)cc1. The molecule has 1 amide bonds. The number of benzene rings is 2. The van der Waals surface area contributed by atoms with Crippen LogP contribution in [0.4, 0.5) is 5.69 Å². The standard InChI is InChI=1S/C17H17Cl2NOS/c1-3-12-4-7-14(8-5-12)20-17(21)11(2)22-16-10-13(18)6-9-15(16)19/h4-11H,3H2,1-2H3,(H,20,21)/t11-/m1/s1. The summed E-state index contributed by atoms with van der Waals surface area (Å²) >= 11 is 13.5. The molecule has 2 nitrogen and oxygen atoms in total. The Morgan fingerprint density at radius 1 is 1.18 bits per heavy atom. The zero-order valence-corrected chi connectivity index (χ0v) is 14.7. The maximum absolute atomic E-state index is 12.3. The van der Waals surface area contributed by atoms with Crippen LogP contribution in [0.1, 0.15) is 19.4 Å². The molecule has 0 saturated heterocycles. The van der Waals surface area contributed by atoms with E-state index in [9.17, 15) is 4.79 Å². The van der Waals surface area contributed by atoms with Gasteiger partial charge in [0.15, 0.2) is 0 Å². The number of aryl methyl sites for hydroxylation is 1. The van der Waals surface area contributed by atoms with Gasteiger partial charge in [0.2, 0.25) is 5.91 Å². The third-order valence-electron chi connectivity index (χ3n) is 3.20. The van der Waals surface area contributed by atoms with Gasteiger partial charge in [-0.25, -0.2) is 0 Å². The Balaban J connectivity index is 2.00. The van der Waals surface area contributed by atoms with Crippen LogP contribution in [0, 0.1) is 0 Å². The molecule has 5 heteroatoms. The maximum Gasteiger partial charge on any atom is 0.237 e. The number of carbonyl (C=O) groups excluding carboxylic acids is 1. The van der Waals surface area contributed by atoms with Crippen LogP contribution in [-0.2, 0) is 11.2 Å². The van der Waals surface area contributed by atoms with Gasteiger partial charge in [-0.15, -0.1) is 11.8 Å². The maximum atomic E-state index is 12.3. The molecule has 0 heterocycles. The van der Waals surface area contributed by atoms with Gasteiger partial charge in [0.1, 0.15) is 0 Å². The van der Waals surface area contributed by atoms with E-state index in [1.165, 1.54) is 17.3 Å². The van der Waals surface area contributed by atoms with Gasteiger partial charge < -0.3 is 5.32 Å². The normalized spacial score (nSPS) is 12.0. The van der Waals surface area contributed by atoms with Crippen LogP contribution in [0.2, 0.25) is 10.0 Å². The molecule has 116 valence electrons. The van der Waals surface area contributed by atoms with Crippen LogP contribution in [0.5, 0.6) is 0 Å². The molecular weight excluding hydrogens is 337 g/mol. The molecular formula is C17H17Cl2NOS. The molecule has 2 rings (SSSR count). The lowest BCUT2D eigenvalue weighted by atomic mass is 10.1. The zero-order chi connectivity index (χ0) is 16.1. The Labute approximate surface area is 145 Å². The van der Waals surface area contributed by atoms with E-state index in [2.05, 4.69) is 12.2 Å². The van der Waals surface area contributed by atoms with E-state index < -0.39 is 0 Å². The quantitative estimate of drug-likeness (QED) is 0.701. The first-order valence-corrected chi connectivity index (χ1v) is 8.64. The molecule has 0 spiro atoms. The topological polar surface area (TPSA) is 29.1 Å². The number of hydrogen-bond acceptors (Lipinski definition) is 2. The summed E-state index contributed by atoms with van der Waals surface area (Å²) in [5.41, 5.74) is 2.04. The first kappa shape index (κ1) is 17.2. The van der Waals surface area contributed by atoms with E-state index in [1.54, 1.807) is 18.2 Å². The summed E-state index contributed by atoms with van der Waals surface area (Å²) in [6.45, 7) is 3.94. The zero-order valence-electron chi connectivity index (χ0n) is 12.4. The summed E-state index contributed by atoms with van der Waals surface area (Å²) in [5, 5.41) is 3.84. The van der Waals surface area contributed by atoms with Crippen LogP contribution in [0.3, 0.4) is 0 Å². The van der Waals surface area contributed by atoms with Crippen LogP contribution in [-0.4, -0.2) is 11.2 Å². The van der Waals surface area contributed by atoms with Crippen LogP contribution in [0.25, 0.3) is 0 Å². The molecule has 0 saturated carbocycles. The highest BCUT2D eigenvalue weighted by Crippen LogP contribution is 2.33. The van der Waals surface area contributed by atoms with E-state index in [0.717, 1.165) is 17.0 Å². The van der Waals surface area contributed by atoms with E-state index >= 15 is 0 Å². The second-order valence-corrected chi connectivity index (χ2v) is 7.10. The average molecular weight is 354 g/mol. The van der Waals surface area contributed by atoms with Crippen LogP contribution >= 0.6 is 35.0 Å². The minimum Gasteiger partial charge on any atom is -0.325 e. The highest BCUT2D eigenvalue weighted by atomic mass is 35.5. The number of nitrogens with one attached hydrogen (secondary N) is 1. The van der Waals surface area contributed by atoms with Crippen LogP contribution < -0.4 is 5.32 Å². The first-order valence-electron chi connectivity index (χ1n) is 7.01. The van der Waals surface area contributed by atoms with Gasteiger partial charge in [-0.3, -0.25) is 4.79 Å². The van der Waals surface area contributed by atoms with E-state index in [0.29, 0.717) is 10.0 Å². The van der Waals surface area contributed by atoms with Crippen molar-refractivity contribution in [2.24, 2.45) is 0 Å². The predicted molar refractivity (Wildman–Crippen MR) is 96.2 cm³/mol. The number of halogens is 2. The van der Waals surface area contributed by atoms with Crippen molar-refractivity contribution in [1.82, 2.24) is 0 Å². The van der Waals surface area contributed by atoms with Gasteiger partial charge in [-0.2, -0.15) is 0 Å². The summed E-state index contributed by atoms with van der Waals surface area (Å²) < 4.78 is 0. The first-order chi connectivity index (χ1) is 10.5. The minimum absolute atomic E-state index is 0.0645. The Morgan fingerprint density at radius 3 is 2.50 bits per heavy atom. The fourth-order valence-electron chi connectivity index (χ4n) is 1.88. The van der Waals surface area contributed by atoms with Crippen molar-refractivity contribution in [3.8, 4) is 0 Å². The van der Waals surface area contributed by atoms with Crippen molar-refractivity contribution in [2.75, 3.05) is 5.32 Å². The minimum atomic E-state index is -0.276. The molecule has 0 aliphatic carbocycles. The smallest absolute Gasteiger partial charge is 0.237 e. The van der Waals surface area contributed by atoms with E-state index in [-0.39, 0.29) is 11.2 Å². The van der Waals surface area contributed by atoms with Gasteiger partial charge in [0.25, 0.3) is 0 Å². The van der Waals surface area contributed by atoms with Crippen molar-refractivity contribution < 1.29 is 4.79 Å². The monoisotopic (exact) mass is 353 g/mol. The van der Waals surface area contributed by atoms with Crippen molar-refractivity contribution >= 4 is 46.6 Å². The molecule has 0 bridgehead atoms. The van der Waals surface area contributed by atoms with Crippen molar-refractivity contribution in [2.45, 2.75) is 30.4 Å². The molecule has 22 heavy (non-hydrogen) atoms. The molecule has 2 aromatic carbocycles. The van der Waals surface area contributed by atoms with Gasteiger partial charge >= 0.3 is 0 Å². The van der Waals surface area contributed by atoms with Gasteiger partial charge in [-0.05, 0) is 49.2 Å². The van der Waals surface area contributed by atoms with Crippen molar-refractivity contribution in [3.05, 3.63) is 58.1 Å². The largest absolute Gasteiger partial charge is 0.325 e. The lowest BCUT2D eigenvalue weighted by Gasteiger charge is -2.13. The number of amides is 1. The number of thioether (sulfide) groups is 1. The molecule has 1 atom stereocenters.